The molecule has 17 nitrogen and oxygen atoms in total. The third kappa shape index (κ3) is 16.9. The van der Waals surface area contributed by atoms with Gasteiger partial charge in [-0.05, 0) is 57.7 Å². The molecular weight excluding hydrogens is 936 g/mol. The van der Waals surface area contributed by atoms with Gasteiger partial charge < -0.3 is 57.4 Å². The predicted octanol–water partition coefficient (Wildman–Crippen LogP) is 5.20. The zero-order chi connectivity index (χ0) is 47.6. The lowest BCUT2D eigenvalue weighted by molar-refractivity contribution is -0.166. The summed E-state index contributed by atoms with van der Waals surface area (Å²) >= 11 is 9.93. The molecule has 3 aliphatic rings. The molecule has 0 unspecified atom stereocenters. The van der Waals surface area contributed by atoms with Crippen LogP contribution in [0.25, 0.3) is 0 Å². The standard InChI is InChI=1S/C46H68BrClN2O15/c1-30-10-8-12-38(56-7)46(55)28-37(63-44(54)49-46)32(3)42-45(5,65-42)39(27-40(52)50(6)36-26-34(24-30)25-31(2)41(36)48)64-43(53)33(4)62-23-22-61-21-20-60-19-18-59-17-16-58-15-14-57-13-9-11-35(51)29-47/h8,10,12,25-26,32-33,37-39,42,55H,9,11,13-24,27-29H2,1-7H3,(H,49,54)/b12-8+,30-10+/t32-,33+,37+,38-,39+,42+,45+,46+/m1/s1. The van der Waals surface area contributed by atoms with E-state index in [4.69, 9.17) is 59.0 Å². The van der Waals surface area contributed by atoms with Crippen LogP contribution in [-0.4, -0.2) is 163 Å². The first-order valence-corrected chi connectivity index (χ1v) is 23.6. The minimum absolute atomic E-state index is 0.0381. The third-order valence-corrected chi connectivity index (χ3v) is 12.6. The molecule has 4 rings (SSSR count). The second kappa shape index (κ2) is 27.1. The summed E-state index contributed by atoms with van der Waals surface area (Å²) in [5, 5.41) is 15.1. The van der Waals surface area contributed by atoms with Crippen LogP contribution < -0.4 is 10.2 Å². The van der Waals surface area contributed by atoms with Gasteiger partial charge in [0.1, 0.15) is 29.7 Å². The van der Waals surface area contributed by atoms with Gasteiger partial charge in [-0.1, -0.05) is 64.3 Å². The Morgan fingerprint density at radius 2 is 1.58 bits per heavy atom. The van der Waals surface area contributed by atoms with Crippen LogP contribution in [0.3, 0.4) is 0 Å². The summed E-state index contributed by atoms with van der Waals surface area (Å²) < 4.78 is 57.0. The fraction of sp³-hybridized carbons (Fsp3) is 0.696. The van der Waals surface area contributed by atoms with Gasteiger partial charge in [-0.2, -0.15) is 0 Å². The van der Waals surface area contributed by atoms with Crippen molar-refractivity contribution in [1.82, 2.24) is 5.32 Å². The second-order valence-corrected chi connectivity index (χ2v) is 17.6. The number of nitrogens with one attached hydrogen (secondary N) is 1. The van der Waals surface area contributed by atoms with Crippen LogP contribution in [0.4, 0.5) is 10.5 Å². The molecule has 4 bridgehead atoms. The lowest BCUT2D eigenvalue weighted by Gasteiger charge is -2.42. The number of ether oxygens (including phenoxy) is 10. The van der Waals surface area contributed by atoms with Crippen LogP contribution in [0.15, 0.2) is 35.9 Å². The number of aryl methyl sites for hydroxylation is 1. The van der Waals surface area contributed by atoms with Gasteiger partial charge in [0.05, 0.1) is 94.6 Å². The minimum atomic E-state index is -1.81. The van der Waals surface area contributed by atoms with E-state index >= 15 is 0 Å². The number of alkyl carbamates (subject to hydrolysis) is 1. The monoisotopic (exact) mass is 1000 g/mol. The molecule has 3 heterocycles. The molecule has 8 atom stereocenters. The Bertz CT molecular complexity index is 1790. The first-order chi connectivity index (χ1) is 31.0. The number of fused-ring (bicyclic) bond motifs is 5. The number of allylic oxidation sites excluding steroid dienone is 3. The Labute approximate surface area is 396 Å². The van der Waals surface area contributed by atoms with Gasteiger partial charge in [-0.25, -0.2) is 9.59 Å². The number of methoxy groups -OCH3 is 1. The lowest BCUT2D eigenvalue weighted by atomic mass is 9.83. The molecule has 0 spiro atoms. The molecule has 19 heteroatoms. The predicted molar refractivity (Wildman–Crippen MR) is 244 cm³/mol. The first kappa shape index (κ1) is 54.6. The second-order valence-electron chi connectivity index (χ2n) is 16.7. The Morgan fingerprint density at radius 3 is 2.18 bits per heavy atom. The summed E-state index contributed by atoms with van der Waals surface area (Å²) in [6.45, 7) is 12.9. The highest BCUT2D eigenvalue weighted by Gasteiger charge is 2.64. The van der Waals surface area contributed by atoms with Crippen molar-refractivity contribution in [1.29, 1.82) is 0 Å². The van der Waals surface area contributed by atoms with Gasteiger partial charge in [0.25, 0.3) is 0 Å². The molecule has 2 N–H and O–H groups in total. The number of halogens is 2. The molecule has 3 aliphatic heterocycles. The number of hydrogen-bond acceptors (Lipinski definition) is 15. The molecular formula is C46H68BrClN2O15. The molecule has 1 aromatic rings. The number of hydrogen-bond donors (Lipinski definition) is 2. The average molecular weight is 1000 g/mol. The summed E-state index contributed by atoms with van der Waals surface area (Å²) in [6, 6.07) is 3.82. The number of Topliss-reactive ketones (excluding diaryl/α,β-unsaturated/α-hetero) is 1. The molecule has 0 radical (unpaired) electrons. The topological polar surface area (TPSA) is 199 Å². The number of benzene rings is 1. The van der Waals surface area contributed by atoms with Gasteiger partial charge in [-0.15, -0.1) is 0 Å². The van der Waals surface area contributed by atoms with E-state index in [9.17, 15) is 24.3 Å². The van der Waals surface area contributed by atoms with E-state index in [0.717, 1.165) is 16.7 Å². The largest absolute Gasteiger partial charge is 0.457 e. The Balaban J connectivity index is 1.28. The quantitative estimate of drug-likeness (QED) is 0.0593. The number of ketones is 1. The molecule has 366 valence electrons. The van der Waals surface area contributed by atoms with Crippen LogP contribution in [0.2, 0.25) is 5.02 Å². The van der Waals surface area contributed by atoms with E-state index in [1.165, 1.54) is 12.0 Å². The van der Waals surface area contributed by atoms with Gasteiger partial charge in [-0.3, -0.25) is 14.9 Å². The molecule has 65 heavy (non-hydrogen) atoms. The highest BCUT2D eigenvalue weighted by molar-refractivity contribution is 9.09. The summed E-state index contributed by atoms with van der Waals surface area (Å²) in [4.78, 5) is 53.3. The summed E-state index contributed by atoms with van der Waals surface area (Å²) in [6.07, 6.45) is 1.44. The maximum Gasteiger partial charge on any atom is 0.409 e. The van der Waals surface area contributed by atoms with Crippen molar-refractivity contribution < 1.29 is 71.7 Å². The molecule has 2 saturated heterocycles. The minimum Gasteiger partial charge on any atom is -0.457 e. The Morgan fingerprint density at radius 1 is 0.985 bits per heavy atom. The van der Waals surface area contributed by atoms with Crippen molar-refractivity contribution in [2.75, 3.05) is 97.1 Å². The number of alkyl halides is 1. The maximum atomic E-state index is 14.1. The zero-order valence-corrected chi connectivity index (χ0v) is 41.1. The highest BCUT2D eigenvalue weighted by atomic mass is 79.9. The maximum absolute atomic E-state index is 14.1. The highest BCUT2D eigenvalue weighted by Crippen LogP contribution is 2.49. The van der Waals surface area contributed by atoms with Gasteiger partial charge in [0, 0.05) is 39.5 Å². The number of amides is 2. The van der Waals surface area contributed by atoms with Crippen LogP contribution >= 0.6 is 27.5 Å². The van der Waals surface area contributed by atoms with Gasteiger partial charge in [0.2, 0.25) is 5.91 Å². The number of nitrogens with zero attached hydrogens (tertiary/aromatic N) is 1. The zero-order valence-electron chi connectivity index (χ0n) is 38.7. The number of esters is 1. The molecule has 0 saturated carbocycles. The number of carbonyl (C=O) groups is 4. The lowest BCUT2D eigenvalue weighted by Crippen LogP contribution is -2.63. The number of aliphatic hydroxyl groups is 1. The van der Waals surface area contributed by atoms with Crippen molar-refractivity contribution in [3.8, 4) is 0 Å². The van der Waals surface area contributed by atoms with Crippen molar-refractivity contribution >= 4 is 57.0 Å². The van der Waals surface area contributed by atoms with E-state index < -0.39 is 59.8 Å². The average Bonchev–Trinajstić information content (AvgIpc) is 3.97. The summed E-state index contributed by atoms with van der Waals surface area (Å²) in [5.41, 5.74) is 0.179. The molecule has 2 fully saturated rings. The van der Waals surface area contributed by atoms with Crippen LogP contribution in [0, 0.1) is 12.8 Å². The number of anilines is 1. The molecule has 0 aliphatic carbocycles. The van der Waals surface area contributed by atoms with Gasteiger partial charge in [0.15, 0.2) is 11.8 Å². The number of epoxide rings is 1. The summed E-state index contributed by atoms with van der Waals surface area (Å²) in [7, 11) is 3.07. The van der Waals surface area contributed by atoms with Crippen molar-refractivity contribution in [2.45, 2.75) is 109 Å². The molecule has 2 amide bonds. The number of carbonyl (C=O) groups excluding carboxylic acids is 4. The normalized spacial score (nSPS) is 27.8. The third-order valence-electron chi connectivity index (χ3n) is 11.5. The molecule has 0 aromatic heterocycles. The van der Waals surface area contributed by atoms with Gasteiger partial charge >= 0.3 is 12.1 Å². The van der Waals surface area contributed by atoms with E-state index in [1.807, 2.05) is 39.0 Å². The Hall–Kier alpha value is -3.01. The fourth-order valence-electron chi connectivity index (χ4n) is 7.65. The van der Waals surface area contributed by atoms with E-state index in [0.29, 0.717) is 94.8 Å². The molecule has 1 aromatic carbocycles. The van der Waals surface area contributed by atoms with Crippen molar-refractivity contribution in [2.24, 2.45) is 5.92 Å². The van der Waals surface area contributed by atoms with Crippen molar-refractivity contribution in [3.63, 3.8) is 0 Å². The van der Waals surface area contributed by atoms with Crippen LogP contribution in [0.5, 0.6) is 0 Å². The number of rotatable bonds is 24. The smallest absolute Gasteiger partial charge is 0.409 e. The van der Waals surface area contributed by atoms with Crippen LogP contribution in [-0.2, 0) is 68.2 Å². The van der Waals surface area contributed by atoms with Crippen LogP contribution in [0.1, 0.15) is 64.5 Å². The fourth-order valence-corrected chi connectivity index (χ4v) is 8.17. The summed E-state index contributed by atoms with van der Waals surface area (Å²) in [5.74, 6) is -1.43. The van der Waals surface area contributed by atoms with E-state index in [1.54, 1.807) is 33.0 Å². The van der Waals surface area contributed by atoms with E-state index in [2.05, 4.69) is 21.2 Å². The SMILES string of the molecule is CO[C@@H]1/C=C/C=C(\C)Cc2cc(C)c(Cl)c(c2)N(C)C(=O)C[C@H](OC(=O)[C@H](C)OCCOCCOCCOCCOCCOCCCC(=O)CBr)[C@]2(C)O[C@H]2[C@H](C)[C@@H]2C[C@@]1(O)NC(=O)O2. The van der Waals surface area contributed by atoms with Crippen molar-refractivity contribution in [3.05, 3.63) is 52.1 Å². The Kier molecular flexibility index (Phi) is 22.8. The first-order valence-electron chi connectivity index (χ1n) is 22.1. The van der Waals surface area contributed by atoms with E-state index in [-0.39, 0.29) is 37.7 Å².